The molecule has 1 aromatic carbocycles. The maximum absolute atomic E-state index is 12.7. The molecule has 2 aromatic rings. The predicted molar refractivity (Wildman–Crippen MR) is 97.0 cm³/mol. The average Bonchev–Trinajstić information content (AvgIpc) is 3.00. The Morgan fingerprint density at radius 2 is 1.92 bits per heavy atom. The molecule has 1 amide bonds. The molecule has 1 N–H and O–H groups in total. The summed E-state index contributed by atoms with van der Waals surface area (Å²) in [7, 11) is 0. The normalized spacial score (nSPS) is 11.2. The van der Waals surface area contributed by atoms with Crippen LogP contribution in [0, 0.1) is 0 Å². The van der Waals surface area contributed by atoms with Crippen LogP contribution in [0.25, 0.3) is 0 Å². The number of rotatable bonds is 5. The average molecular weight is 343 g/mol. The minimum atomic E-state index is -0.410. The summed E-state index contributed by atoms with van der Waals surface area (Å²) in [6.45, 7) is 10.8. The van der Waals surface area contributed by atoms with Crippen LogP contribution in [0.5, 0.6) is 0 Å². The number of hydrogen-bond donors (Lipinski definition) is 1. The van der Waals surface area contributed by atoms with Crippen molar-refractivity contribution in [3.63, 3.8) is 0 Å². The second-order valence-corrected chi connectivity index (χ2v) is 6.74. The van der Waals surface area contributed by atoms with Gasteiger partial charge in [-0.1, -0.05) is 26.8 Å². The Balaban J connectivity index is 2.24. The number of aryl methyl sites for hydroxylation is 1. The van der Waals surface area contributed by atoms with Crippen LogP contribution in [0.2, 0.25) is 0 Å². The minimum absolute atomic E-state index is 0.140. The van der Waals surface area contributed by atoms with Gasteiger partial charge in [0, 0.05) is 17.6 Å². The Morgan fingerprint density at radius 3 is 2.52 bits per heavy atom. The molecule has 0 spiro atoms. The number of anilines is 1. The zero-order valence-electron chi connectivity index (χ0n) is 15.4. The van der Waals surface area contributed by atoms with Crippen molar-refractivity contribution in [2.24, 2.45) is 0 Å². The summed E-state index contributed by atoms with van der Waals surface area (Å²) < 4.78 is 6.67. The molecule has 0 saturated carbocycles. The molecule has 0 atom stereocenters. The van der Waals surface area contributed by atoms with Crippen molar-refractivity contribution in [1.82, 2.24) is 9.78 Å². The van der Waals surface area contributed by atoms with Crippen molar-refractivity contribution in [2.75, 3.05) is 11.9 Å². The lowest BCUT2D eigenvalue weighted by molar-refractivity contribution is 0.0526. The van der Waals surface area contributed by atoms with Crippen molar-refractivity contribution in [3.8, 4) is 0 Å². The van der Waals surface area contributed by atoms with Crippen molar-refractivity contribution < 1.29 is 14.3 Å². The van der Waals surface area contributed by atoms with Crippen molar-refractivity contribution in [2.45, 2.75) is 46.6 Å². The van der Waals surface area contributed by atoms with Gasteiger partial charge in [-0.3, -0.25) is 9.48 Å². The van der Waals surface area contributed by atoms with E-state index in [1.165, 1.54) is 0 Å². The number of amides is 1. The number of carbonyl (C=O) groups is 2. The highest BCUT2D eigenvalue weighted by molar-refractivity contribution is 6.03. The number of aromatic nitrogens is 2. The summed E-state index contributed by atoms with van der Waals surface area (Å²) >= 11 is 0. The lowest BCUT2D eigenvalue weighted by atomic mass is 9.92. The molecule has 0 unspecified atom stereocenters. The summed E-state index contributed by atoms with van der Waals surface area (Å²) in [4.78, 5) is 24.5. The molecule has 0 saturated heterocycles. The third-order valence-electron chi connectivity index (χ3n) is 3.71. The Kier molecular flexibility index (Phi) is 5.62. The summed E-state index contributed by atoms with van der Waals surface area (Å²) in [5.74, 6) is -0.668. The highest BCUT2D eigenvalue weighted by Crippen LogP contribution is 2.22. The van der Waals surface area contributed by atoms with Gasteiger partial charge in [-0.2, -0.15) is 5.10 Å². The third kappa shape index (κ3) is 4.47. The molecule has 0 radical (unpaired) electrons. The molecule has 6 heteroatoms. The molecule has 1 heterocycles. The number of nitrogens with zero attached hydrogens (tertiary/aromatic N) is 2. The lowest BCUT2D eigenvalue weighted by Crippen LogP contribution is -2.17. The van der Waals surface area contributed by atoms with Gasteiger partial charge in [-0.25, -0.2) is 4.79 Å². The van der Waals surface area contributed by atoms with E-state index in [1.807, 2.05) is 13.0 Å². The van der Waals surface area contributed by atoms with E-state index < -0.39 is 5.97 Å². The fourth-order valence-electron chi connectivity index (χ4n) is 2.34. The zero-order valence-corrected chi connectivity index (χ0v) is 15.4. The first kappa shape index (κ1) is 18.7. The molecule has 0 aliphatic rings. The molecular formula is C19H25N3O3. The molecule has 0 aliphatic heterocycles. The van der Waals surface area contributed by atoms with Crippen molar-refractivity contribution in [3.05, 3.63) is 47.3 Å². The number of benzene rings is 1. The fourth-order valence-corrected chi connectivity index (χ4v) is 2.34. The standard InChI is InChI=1S/C19H25N3O3/c1-6-22-15(12-16(21-22)19(3,4)5)17(23)20-14-10-8-9-13(11-14)18(24)25-7-2/h8-12H,6-7H2,1-5H3,(H,20,23). The van der Waals surface area contributed by atoms with Crippen LogP contribution < -0.4 is 5.32 Å². The molecule has 25 heavy (non-hydrogen) atoms. The van der Waals surface area contributed by atoms with E-state index >= 15 is 0 Å². The summed E-state index contributed by atoms with van der Waals surface area (Å²) in [5, 5.41) is 7.34. The van der Waals surface area contributed by atoms with Gasteiger partial charge in [-0.05, 0) is 38.1 Å². The minimum Gasteiger partial charge on any atom is -0.462 e. The number of hydrogen-bond acceptors (Lipinski definition) is 4. The maximum atomic E-state index is 12.7. The number of nitrogens with one attached hydrogen (secondary N) is 1. The Bertz CT molecular complexity index is 772. The smallest absolute Gasteiger partial charge is 0.338 e. The summed E-state index contributed by atoms with van der Waals surface area (Å²) in [5.41, 5.74) is 2.16. The molecule has 0 bridgehead atoms. The van der Waals surface area contributed by atoms with E-state index in [1.54, 1.807) is 35.9 Å². The van der Waals surface area contributed by atoms with Gasteiger partial charge < -0.3 is 10.1 Å². The largest absolute Gasteiger partial charge is 0.462 e. The highest BCUT2D eigenvalue weighted by atomic mass is 16.5. The van der Waals surface area contributed by atoms with Gasteiger partial charge >= 0.3 is 5.97 Å². The maximum Gasteiger partial charge on any atom is 0.338 e. The van der Waals surface area contributed by atoms with Crippen LogP contribution in [0.3, 0.4) is 0 Å². The van der Waals surface area contributed by atoms with Gasteiger partial charge in [0.2, 0.25) is 0 Å². The molecule has 0 fully saturated rings. The van der Waals surface area contributed by atoms with Gasteiger partial charge in [-0.15, -0.1) is 0 Å². The lowest BCUT2D eigenvalue weighted by Gasteiger charge is -2.13. The van der Waals surface area contributed by atoms with Crippen LogP contribution in [0.15, 0.2) is 30.3 Å². The van der Waals surface area contributed by atoms with Gasteiger partial charge in [0.25, 0.3) is 5.91 Å². The quantitative estimate of drug-likeness (QED) is 0.841. The van der Waals surface area contributed by atoms with Crippen LogP contribution in [0.1, 0.15) is 61.2 Å². The van der Waals surface area contributed by atoms with Crippen molar-refractivity contribution in [1.29, 1.82) is 0 Å². The highest BCUT2D eigenvalue weighted by Gasteiger charge is 2.22. The van der Waals surface area contributed by atoms with E-state index in [0.717, 1.165) is 5.69 Å². The Morgan fingerprint density at radius 1 is 1.20 bits per heavy atom. The summed E-state index contributed by atoms with van der Waals surface area (Å²) in [6, 6.07) is 8.51. The van der Waals surface area contributed by atoms with Crippen LogP contribution in [-0.2, 0) is 16.7 Å². The fraction of sp³-hybridized carbons (Fsp3) is 0.421. The van der Waals surface area contributed by atoms with Gasteiger partial charge in [0.15, 0.2) is 0 Å². The molecule has 0 aliphatic carbocycles. The zero-order chi connectivity index (χ0) is 18.6. The first-order chi connectivity index (χ1) is 11.8. The van der Waals surface area contributed by atoms with E-state index in [0.29, 0.717) is 30.1 Å². The molecule has 134 valence electrons. The van der Waals surface area contributed by atoms with Gasteiger partial charge in [0.1, 0.15) is 5.69 Å². The molecular weight excluding hydrogens is 318 g/mol. The third-order valence-corrected chi connectivity index (χ3v) is 3.71. The second kappa shape index (κ2) is 7.51. The Hall–Kier alpha value is -2.63. The van der Waals surface area contributed by atoms with Crippen LogP contribution >= 0.6 is 0 Å². The number of esters is 1. The first-order valence-electron chi connectivity index (χ1n) is 8.43. The molecule has 1 aromatic heterocycles. The SMILES string of the molecule is CCOC(=O)c1cccc(NC(=O)c2cc(C(C)(C)C)nn2CC)c1. The molecule has 2 rings (SSSR count). The number of ether oxygens (including phenoxy) is 1. The van der Waals surface area contributed by atoms with E-state index in [9.17, 15) is 9.59 Å². The van der Waals surface area contributed by atoms with Crippen LogP contribution in [0.4, 0.5) is 5.69 Å². The van der Waals surface area contributed by atoms with E-state index in [2.05, 4.69) is 31.2 Å². The van der Waals surface area contributed by atoms with Gasteiger partial charge in [0.05, 0.1) is 17.9 Å². The van der Waals surface area contributed by atoms with E-state index in [-0.39, 0.29) is 11.3 Å². The summed E-state index contributed by atoms with van der Waals surface area (Å²) in [6.07, 6.45) is 0. The second-order valence-electron chi connectivity index (χ2n) is 6.74. The topological polar surface area (TPSA) is 73.2 Å². The molecule has 6 nitrogen and oxygen atoms in total. The van der Waals surface area contributed by atoms with Crippen molar-refractivity contribution >= 4 is 17.6 Å². The van der Waals surface area contributed by atoms with E-state index in [4.69, 9.17) is 4.74 Å². The Labute approximate surface area is 148 Å². The number of carbonyl (C=O) groups excluding carboxylic acids is 2. The first-order valence-corrected chi connectivity index (χ1v) is 8.43. The predicted octanol–water partition coefficient (Wildman–Crippen LogP) is 3.63. The van der Waals surface area contributed by atoms with Crippen LogP contribution in [-0.4, -0.2) is 28.3 Å². The monoisotopic (exact) mass is 343 g/mol.